The summed E-state index contributed by atoms with van der Waals surface area (Å²) in [5.41, 5.74) is 0.377. The van der Waals surface area contributed by atoms with Gasteiger partial charge in [0.15, 0.2) is 0 Å². The Hall–Kier alpha value is -4.42. The number of alkyl halides is 3. The Morgan fingerprint density at radius 3 is 2.44 bits per heavy atom. The van der Waals surface area contributed by atoms with Crippen LogP contribution >= 0.6 is 0 Å². The average molecular weight is 450 g/mol. The maximum absolute atomic E-state index is 12.8. The summed E-state index contributed by atoms with van der Waals surface area (Å²) >= 11 is 0. The maximum Gasteiger partial charge on any atom is 0.416 e. The van der Waals surface area contributed by atoms with E-state index < -0.39 is 27.3 Å². The van der Waals surface area contributed by atoms with Gasteiger partial charge in [0.05, 0.1) is 40.4 Å². The molecule has 0 fully saturated rings. The fourth-order valence-electron chi connectivity index (χ4n) is 2.68. The van der Waals surface area contributed by atoms with Crippen LogP contribution in [-0.2, 0) is 6.18 Å². The number of non-ortho nitro benzene ring substituents is 1. The molecule has 0 unspecified atom stereocenters. The van der Waals surface area contributed by atoms with E-state index in [1.165, 1.54) is 31.4 Å². The van der Waals surface area contributed by atoms with Crippen LogP contribution in [0.1, 0.15) is 11.3 Å². The van der Waals surface area contributed by atoms with Crippen LogP contribution in [0.4, 0.5) is 30.2 Å². The van der Waals surface area contributed by atoms with Crippen molar-refractivity contribution < 1.29 is 32.2 Å². The Balaban J connectivity index is 1.80. The molecule has 3 rings (SSSR count). The number of hydrazone groups is 1. The van der Waals surface area contributed by atoms with Gasteiger partial charge in [0.2, 0.25) is 0 Å². The maximum atomic E-state index is 12.8. The SMILES string of the molecule is COc1cc([N+](=O)[O-])ccc1-c1ccc(/C=N\Nc2ccc(C(F)(F)F)cc2[N+](=O)[O-])o1. The normalized spacial score (nSPS) is 11.5. The van der Waals surface area contributed by atoms with Crippen LogP contribution in [0.15, 0.2) is 58.0 Å². The van der Waals surface area contributed by atoms with E-state index in [0.29, 0.717) is 23.5 Å². The minimum Gasteiger partial charge on any atom is -0.496 e. The third-order valence-electron chi connectivity index (χ3n) is 4.19. The largest absolute Gasteiger partial charge is 0.496 e. The Bertz CT molecular complexity index is 1210. The number of ether oxygens (including phenoxy) is 1. The summed E-state index contributed by atoms with van der Waals surface area (Å²) in [6.07, 6.45) is -3.57. The van der Waals surface area contributed by atoms with Crippen molar-refractivity contribution in [3.8, 4) is 17.1 Å². The first-order chi connectivity index (χ1) is 15.1. The molecule has 0 saturated heterocycles. The number of anilines is 1. The fourth-order valence-corrected chi connectivity index (χ4v) is 2.68. The lowest BCUT2D eigenvalue weighted by atomic mass is 10.1. The molecule has 0 aliphatic carbocycles. The number of hydrogen-bond donors (Lipinski definition) is 1. The molecule has 13 heteroatoms. The molecule has 0 bridgehead atoms. The standard InChI is InChI=1S/C19H13F3N4O6/c1-31-18-9-12(25(27)28)3-5-14(18)17-7-4-13(32-17)10-23-24-15-6-2-11(19(20,21)22)8-16(15)26(29)30/h2-10,24H,1H3/b23-10-. The molecule has 1 heterocycles. The van der Waals surface area contributed by atoms with Gasteiger partial charge in [-0.15, -0.1) is 0 Å². The summed E-state index contributed by atoms with van der Waals surface area (Å²) in [5, 5.41) is 25.7. The van der Waals surface area contributed by atoms with Gasteiger partial charge in [0, 0.05) is 12.1 Å². The van der Waals surface area contributed by atoms with Crippen LogP contribution in [0, 0.1) is 20.2 Å². The molecule has 1 aromatic heterocycles. The van der Waals surface area contributed by atoms with Crippen molar-refractivity contribution in [2.24, 2.45) is 5.10 Å². The van der Waals surface area contributed by atoms with E-state index in [9.17, 15) is 33.4 Å². The van der Waals surface area contributed by atoms with Crippen molar-refractivity contribution in [2.45, 2.75) is 6.18 Å². The van der Waals surface area contributed by atoms with Gasteiger partial charge in [-0.25, -0.2) is 0 Å². The number of benzene rings is 2. The predicted octanol–water partition coefficient (Wildman–Crippen LogP) is 5.24. The summed E-state index contributed by atoms with van der Waals surface area (Å²) in [7, 11) is 1.34. The first-order valence-corrected chi connectivity index (χ1v) is 8.67. The first-order valence-electron chi connectivity index (χ1n) is 8.67. The summed E-state index contributed by atoms with van der Waals surface area (Å²) in [5.74, 6) is 0.705. The highest BCUT2D eigenvalue weighted by molar-refractivity contribution is 5.79. The van der Waals surface area contributed by atoms with Crippen LogP contribution in [0.5, 0.6) is 5.75 Å². The topological polar surface area (TPSA) is 133 Å². The second-order valence-corrected chi connectivity index (χ2v) is 6.20. The Morgan fingerprint density at radius 2 is 1.81 bits per heavy atom. The first kappa shape index (κ1) is 22.3. The lowest BCUT2D eigenvalue weighted by Crippen LogP contribution is -2.06. The summed E-state index contributed by atoms with van der Waals surface area (Å²) in [6, 6.07) is 9.00. The molecule has 32 heavy (non-hydrogen) atoms. The summed E-state index contributed by atoms with van der Waals surface area (Å²) in [4.78, 5) is 20.5. The average Bonchev–Trinajstić information content (AvgIpc) is 3.21. The molecule has 0 amide bonds. The second-order valence-electron chi connectivity index (χ2n) is 6.20. The monoisotopic (exact) mass is 450 g/mol. The minimum atomic E-state index is -4.73. The molecule has 0 aliphatic heterocycles. The van der Waals surface area contributed by atoms with Crippen LogP contribution in [-0.4, -0.2) is 23.2 Å². The Kier molecular flexibility index (Phi) is 6.09. The van der Waals surface area contributed by atoms with Crippen LogP contribution in [0.2, 0.25) is 0 Å². The molecule has 0 saturated carbocycles. The molecular weight excluding hydrogens is 437 g/mol. The van der Waals surface area contributed by atoms with E-state index in [1.807, 2.05) is 0 Å². The second kappa shape index (κ2) is 8.75. The molecule has 166 valence electrons. The van der Waals surface area contributed by atoms with Crippen LogP contribution in [0.25, 0.3) is 11.3 Å². The van der Waals surface area contributed by atoms with Gasteiger partial charge in [-0.05, 0) is 30.3 Å². The highest BCUT2D eigenvalue weighted by Crippen LogP contribution is 2.35. The number of furan rings is 1. The molecule has 0 aliphatic rings. The number of nitrogens with one attached hydrogen (secondary N) is 1. The molecule has 0 spiro atoms. The van der Waals surface area contributed by atoms with Crippen molar-refractivity contribution in [2.75, 3.05) is 12.5 Å². The lowest BCUT2D eigenvalue weighted by Gasteiger charge is -2.08. The van der Waals surface area contributed by atoms with Crippen molar-refractivity contribution in [3.63, 3.8) is 0 Å². The predicted molar refractivity (Wildman–Crippen MR) is 107 cm³/mol. The van der Waals surface area contributed by atoms with Gasteiger partial charge < -0.3 is 9.15 Å². The van der Waals surface area contributed by atoms with Crippen molar-refractivity contribution in [1.82, 2.24) is 0 Å². The molecular formula is C19H13F3N4O6. The number of halogens is 3. The number of methoxy groups -OCH3 is 1. The number of rotatable bonds is 7. The highest BCUT2D eigenvalue weighted by atomic mass is 19.4. The number of nitro benzene ring substituents is 2. The molecule has 2 aromatic carbocycles. The quantitative estimate of drug-likeness (QED) is 0.296. The van der Waals surface area contributed by atoms with Crippen LogP contribution < -0.4 is 10.2 Å². The molecule has 10 nitrogen and oxygen atoms in total. The molecule has 3 aromatic rings. The number of hydrogen-bond acceptors (Lipinski definition) is 8. The smallest absolute Gasteiger partial charge is 0.416 e. The van der Waals surface area contributed by atoms with Gasteiger partial charge in [-0.2, -0.15) is 18.3 Å². The zero-order valence-corrected chi connectivity index (χ0v) is 16.1. The van der Waals surface area contributed by atoms with E-state index in [1.54, 1.807) is 6.07 Å². The number of nitrogens with zero attached hydrogens (tertiary/aromatic N) is 3. The van der Waals surface area contributed by atoms with E-state index >= 15 is 0 Å². The van der Waals surface area contributed by atoms with E-state index in [0.717, 1.165) is 12.3 Å². The lowest BCUT2D eigenvalue weighted by molar-refractivity contribution is -0.384. The fraction of sp³-hybridized carbons (Fsp3) is 0.105. The van der Waals surface area contributed by atoms with Gasteiger partial charge >= 0.3 is 6.18 Å². The summed E-state index contributed by atoms with van der Waals surface area (Å²) < 4.78 is 49.0. The summed E-state index contributed by atoms with van der Waals surface area (Å²) in [6.45, 7) is 0. The van der Waals surface area contributed by atoms with Gasteiger partial charge in [-0.3, -0.25) is 25.7 Å². The van der Waals surface area contributed by atoms with Crippen molar-refractivity contribution >= 4 is 23.3 Å². The van der Waals surface area contributed by atoms with Gasteiger partial charge in [0.25, 0.3) is 11.4 Å². The van der Waals surface area contributed by atoms with E-state index in [-0.39, 0.29) is 22.9 Å². The van der Waals surface area contributed by atoms with Crippen molar-refractivity contribution in [3.05, 3.63) is 80.1 Å². The van der Waals surface area contributed by atoms with Gasteiger partial charge in [0.1, 0.15) is 23.0 Å². The Labute approximate surface area is 177 Å². The van der Waals surface area contributed by atoms with E-state index in [2.05, 4.69) is 10.5 Å². The van der Waals surface area contributed by atoms with E-state index in [4.69, 9.17) is 9.15 Å². The molecule has 0 atom stereocenters. The molecule has 1 N–H and O–H groups in total. The molecule has 0 radical (unpaired) electrons. The van der Waals surface area contributed by atoms with Crippen LogP contribution in [0.3, 0.4) is 0 Å². The Morgan fingerprint density at radius 1 is 1.06 bits per heavy atom. The zero-order valence-electron chi connectivity index (χ0n) is 16.1. The van der Waals surface area contributed by atoms with Crippen molar-refractivity contribution in [1.29, 1.82) is 0 Å². The third kappa shape index (κ3) is 4.83. The van der Waals surface area contributed by atoms with Gasteiger partial charge in [-0.1, -0.05) is 0 Å². The third-order valence-corrected chi connectivity index (χ3v) is 4.19. The minimum absolute atomic E-state index is 0.165. The zero-order chi connectivity index (χ0) is 23.5. The number of nitro groups is 2. The highest BCUT2D eigenvalue weighted by Gasteiger charge is 2.33.